The number of fused-ring (bicyclic) bond motifs is 3. The van der Waals surface area contributed by atoms with Crippen molar-refractivity contribution in [2.24, 2.45) is 0 Å². The van der Waals surface area contributed by atoms with Crippen LogP contribution in [0.25, 0.3) is 11.1 Å². The summed E-state index contributed by atoms with van der Waals surface area (Å²) in [6.07, 6.45) is 2.19. The average Bonchev–Trinajstić information content (AvgIpc) is 3.21. The van der Waals surface area contributed by atoms with E-state index < -0.39 is 0 Å². The summed E-state index contributed by atoms with van der Waals surface area (Å²) in [4.78, 5) is 12.8. The number of hydrogen-bond donors (Lipinski definition) is 1. The van der Waals surface area contributed by atoms with E-state index in [1.807, 2.05) is 41.0 Å². The standard InChI is InChI=1S/C17H18N2O/c20-17-13(12-5-2-1-3-6-12)7-8-16-14-11-15(14)18-9-4-10-19(16)17/h1-3,5-8,14-15,18H,4,9-11H2. The molecule has 1 aliphatic heterocycles. The lowest BCUT2D eigenvalue weighted by atomic mass is 10.1. The molecule has 0 spiro atoms. The van der Waals surface area contributed by atoms with Gasteiger partial charge in [-0.2, -0.15) is 0 Å². The molecule has 1 aromatic heterocycles. The zero-order valence-corrected chi connectivity index (χ0v) is 11.4. The normalized spacial score (nSPS) is 24.2. The van der Waals surface area contributed by atoms with Gasteiger partial charge in [0.25, 0.3) is 5.56 Å². The third-order valence-electron chi connectivity index (χ3n) is 4.43. The Hall–Kier alpha value is -1.87. The molecule has 0 amide bonds. The highest BCUT2D eigenvalue weighted by atomic mass is 16.1. The quantitative estimate of drug-likeness (QED) is 0.860. The second-order valence-electron chi connectivity index (χ2n) is 5.75. The van der Waals surface area contributed by atoms with E-state index in [0.717, 1.165) is 30.6 Å². The molecule has 3 heteroatoms. The van der Waals surface area contributed by atoms with Crippen LogP contribution < -0.4 is 10.9 Å². The molecule has 2 aliphatic rings. The molecule has 2 aromatic rings. The van der Waals surface area contributed by atoms with Gasteiger partial charge in [0.15, 0.2) is 0 Å². The maximum Gasteiger partial charge on any atom is 0.258 e. The predicted molar refractivity (Wildman–Crippen MR) is 79.9 cm³/mol. The summed E-state index contributed by atoms with van der Waals surface area (Å²) in [6.45, 7) is 1.84. The summed E-state index contributed by atoms with van der Waals surface area (Å²) < 4.78 is 2.01. The Morgan fingerprint density at radius 3 is 2.80 bits per heavy atom. The van der Waals surface area contributed by atoms with Crippen LogP contribution in [0.4, 0.5) is 0 Å². The van der Waals surface area contributed by atoms with Gasteiger partial charge in [-0.25, -0.2) is 0 Å². The van der Waals surface area contributed by atoms with Gasteiger partial charge < -0.3 is 9.88 Å². The Labute approximate surface area is 118 Å². The molecule has 0 saturated heterocycles. The van der Waals surface area contributed by atoms with Gasteiger partial charge in [-0.05, 0) is 37.1 Å². The first-order valence-electron chi connectivity index (χ1n) is 7.37. The molecule has 2 unspecified atom stereocenters. The van der Waals surface area contributed by atoms with Crippen LogP contribution in [0.15, 0.2) is 47.3 Å². The fourth-order valence-corrected chi connectivity index (χ4v) is 3.26. The second-order valence-corrected chi connectivity index (χ2v) is 5.75. The van der Waals surface area contributed by atoms with E-state index in [1.54, 1.807) is 0 Å². The molecular weight excluding hydrogens is 248 g/mol. The molecule has 3 nitrogen and oxygen atoms in total. The van der Waals surface area contributed by atoms with Crippen molar-refractivity contribution in [2.75, 3.05) is 6.54 Å². The van der Waals surface area contributed by atoms with Crippen molar-refractivity contribution in [1.29, 1.82) is 0 Å². The second kappa shape index (κ2) is 4.60. The first kappa shape index (κ1) is 11.9. The van der Waals surface area contributed by atoms with Crippen molar-refractivity contribution in [3.63, 3.8) is 0 Å². The lowest BCUT2D eigenvalue weighted by Gasteiger charge is -2.18. The van der Waals surface area contributed by atoms with Crippen LogP contribution in [0.5, 0.6) is 0 Å². The summed E-state index contributed by atoms with van der Waals surface area (Å²) in [5, 5.41) is 3.55. The molecule has 1 saturated carbocycles. The molecule has 2 heterocycles. The Kier molecular flexibility index (Phi) is 2.74. The van der Waals surface area contributed by atoms with Crippen molar-refractivity contribution in [3.05, 3.63) is 58.5 Å². The topological polar surface area (TPSA) is 34.0 Å². The maximum absolute atomic E-state index is 12.8. The van der Waals surface area contributed by atoms with Crippen LogP contribution in [0.1, 0.15) is 24.5 Å². The van der Waals surface area contributed by atoms with E-state index in [1.165, 1.54) is 12.1 Å². The van der Waals surface area contributed by atoms with E-state index in [-0.39, 0.29) is 5.56 Å². The van der Waals surface area contributed by atoms with Crippen molar-refractivity contribution >= 4 is 0 Å². The summed E-state index contributed by atoms with van der Waals surface area (Å²) in [5.41, 5.74) is 3.22. The minimum absolute atomic E-state index is 0.168. The molecule has 1 N–H and O–H groups in total. The fraction of sp³-hybridized carbons (Fsp3) is 0.353. The van der Waals surface area contributed by atoms with Gasteiger partial charge in [0.1, 0.15) is 0 Å². The minimum atomic E-state index is 0.168. The van der Waals surface area contributed by atoms with Gasteiger partial charge >= 0.3 is 0 Å². The van der Waals surface area contributed by atoms with E-state index in [4.69, 9.17) is 0 Å². The number of hydrogen-bond acceptors (Lipinski definition) is 2. The molecule has 1 aliphatic carbocycles. The van der Waals surface area contributed by atoms with Crippen LogP contribution in [0.3, 0.4) is 0 Å². The monoisotopic (exact) mass is 266 g/mol. The van der Waals surface area contributed by atoms with Gasteiger partial charge in [-0.15, -0.1) is 0 Å². The van der Waals surface area contributed by atoms with E-state index in [9.17, 15) is 4.79 Å². The highest BCUT2D eigenvalue weighted by Crippen LogP contribution is 2.41. The van der Waals surface area contributed by atoms with Crippen LogP contribution in [0.2, 0.25) is 0 Å². The zero-order valence-electron chi connectivity index (χ0n) is 11.4. The van der Waals surface area contributed by atoms with Gasteiger partial charge in [-0.1, -0.05) is 30.3 Å². The van der Waals surface area contributed by atoms with Crippen molar-refractivity contribution < 1.29 is 0 Å². The van der Waals surface area contributed by atoms with Crippen LogP contribution >= 0.6 is 0 Å². The van der Waals surface area contributed by atoms with E-state index in [2.05, 4.69) is 11.4 Å². The number of pyridine rings is 1. The SMILES string of the molecule is O=c1c(-c2ccccc2)ccc2n1CCCNC1CC21. The summed E-state index contributed by atoms with van der Waals surface area (Å²) in [7, 11) is 0. The molecule has 1 fully saturated rings. The van der Waals surface area contributed by atoms with Gasteiger partial charge in [0.05, 0.1) is 0 Å². The molecule has 0 radical (unpaired) electrons. The Balaban J connectivity index is 1.85. The van der Waals surface area contributed by atoms with Crippen LogP contribution in [-0.4, -0.2) is 17.2 Å². The lowest BCUT2D eigenvalue weighted by molar-refractivity contribution is 0.523. The van der Waals surface area contributed by atoms with Crippen molar-refractivity contribution in [3.8, 4) is 11.1 Å². The number of rotatable bonds is 1. The number of aromatic nitrogens is 1. The fourth-order valence-electron chi connectivity index (χ4n) is 3.26. The van der Waals surface area contributed by atoms with E-state index in [0.29, 0.717) is 12.0 Å². The Morgan fingerprint density at radius 2 is 1.95 bits per heavy atom. The number of nitrogens with one attached hydrogen (secondary N) is 1. The molecule has 20 heavy (non-hydrogen) atoms. The summed E-state index contributed by atoms with van der Waals surface area (Å²) >= 11 is 0. The Morgan fingerprint density at radius 1 is 1.10 bits per heavy atom. The minimum Gasteiger partial charge on any atom is -0.313 e. The first-order chi connectivity index (χ1) is 9.84. The number of benzene rings is 1. The van der Waals surface area contributed by atoms with Gasteiger partial charge in [0, 0.05) is 29.8 Å². The maximum atomic E-state index is 12.8. The molecule has 4 rings (SSSR count). The third kappa shape index (κ3) is 1.90. The highest BCUT2D eigenvalue weighted by molar-refractivity contribution is 5.62. The Bertz CT molecular complexity index is 690. The van der Waals surface area contributed by atoms with Gasteiger partial charge in [-0.3, -0.25) is 4.79 Å². The predicted octanol–water partition coefficient (Wildman–Crippen LogP) is 2.36. The molecule has 0 bridgehead atoms. The largest absolute Gasteiger partial charge is 0.313 e. The molecule has 102 valence electrons. The van der Waals surface area contributed by atoms with Crippen LogP contribution in [-0.2, 0) is 6.54 Å². The van der Waals surface area contributed by atoms with Crippen LogP contribution in [0, 0.1) is 0 Å². The zero-order chi connectivity index (χ0) is 13.5. The smallest absolute Gasteiger partial charge is 0.258 e. The summed E-state index contributed by atoms with van der Waals surface area (Å²) in [6, 6.07) is 14.7. The highest BCUT2D eigenvalue weighted by Gasteiger charge is 2.40. The first-order valence-corrected chi connectivity index (χ1v) is 7.37. The lowest BCUT2D eigenvalue weighted by Crippen LogP contribution is -2.30. The molecule has 1 aromatic carbocycles. The van der Waals surface area contributed by atoms with Crippen molar-refractivity contribution in [2.45, 2.75) is 31.3 Å². The summed E-state index contributed by atoms with van der Waals surface area (Å²) in [5.74, 6) is 0.535. The average molecular weight is 266 g/mol. The molecular formula is C17H18N2O. The van der Waals surface area contributed by atoms with Crippen molar-refractivity contribution in [1.82, 2.24) is 9.88 Å². The number of nitrogens with zero attached hydrogens (tertiary/aromatic N) is 1. The van der Waals surface area contributed by atoms with Gasteiger partial charge in [0.2, 0.25) is 0 Å². The molecule has 2 atom stereocenters. The third-order valence-corrected chi connectivity index (χ3v) is 4.43. The van der Waals surface area contributed by atoms with E-state index >= 15 is 0 Å².